The average Bonchev–Trinajstić information content (AvgIpc) is 2.99. The van der Waals surface area contributed by atoms with Crippen molar-refractivity contribution >= 4 is 17.5 Å². The number of piperidine rings is 1. The average molecular weight is 332 g/mol. The topological polar surface area (TPSA) is 67.9 Å². The molecule has 3 rings (SSSR count). The Morgan fingerprint density at radius 1 is 1.17 bits per heavy atom. The van der Waals surface area contributed by atoms with Crippen molar-refractivity contribution in [2.75, 3.05) is 31.6 Å². The van der Waals surface area contributed by atoms with E-state index in [1.54, 1.807) is 4.90 Å². The molecule has 6 nitrogen and oxygen atoms in total. The highest BCUT2D eigenvalue weighted by Crippen LogP contribution is 2.31. The minimum absolute atomic E-state index is 0.137. The second kappa shape index (κ2) is 6.91. The van der Waals surface area contributed by atoms with Gasteiger partial charge in [-0.2, -0.15) is 0 Å². The van der Waals surface area contributed by atoms with Crippen molar-refractivity contribution in [1.82, 2.24) is 4.90 Å². The minimum Gasteiger partial charge on any atom is -0.347 e. The molecule has 130 valence electrons. The molecule has 0 unspecified atom stereocenters. The number of rotatable bonds is 3. The van der Waals surface area contributed by atoms with Gasteiger partial charge in [0.1, 0.15) is 6.42 Å². The highest BCUT2D eigenvalue weighted by molar-refractivity contribution is 6.03. The second-order valence-electron chi connectivity index (χ2n) is 6.53. The van der Waals surface area contributed by atoms with Crippen molar-refractivity contribution < 1.29 is 19.1 Å². The molecule has 2 aliphatic rings. The molecule has 1 aromatic rings. The Morgan fingerprint density at radius 3 is 2.46 bits per heavy atom. The van der Waals surface area contributed by atoms with Crippen molar-refractivity contribution in [2.45, 2.75) is 38.9 Å². The molecule has 1 N–H and O–H groups in total. The van der Waals surface area contributed by atoms with Crippen LogP contribution in [0, 0.1) is 13.8 Å². The van der Waals surface area contributed by atoms with Gasteiger partial charge < -0.3 is 19.7 Å². The molecular weight excluding hydrogens is 308 g/mol. The van der Waals surface area contributed by atoms with Gasteiger partial charge in [-0.05, 0) is 25.5 Å². The van der Waals surface area contributed by atoms with Crippen LogP contribution >= 0.6 is 0 Å². The van der Waals surface area contributed by atoms with Gasteiger partial charge in [-0.1, -0.05) is 17.7 Å². The lowest BCUT2D eigenvalue weighted by Gasteiger charge is -2.37. The highest BCUT2D eigenvalue weighted by Gasteiger charge is 2.40. The first-order chi connectivity index (χ1) is 11.5. The zero-order valence-electron chi connectivity index (χ0n) is 14.3. The normalized spacial score (nSPS) is 19.5. The number of carbonyl (C=O) groups excluding carboxylic acids is 2. The number of nitrogens with one attached hydrogen (secondary N) is 1. The van der Waals surface area contributed by atoms with Crippen LogP contribution in [0.2, 0.25) is 0 Å². The number of amides is 2. The predicted molar refractivity (Wildman–Crippen MR) is 89.6 cm³/mol. The van der Waals surface area contributed by atoms with E-state index in [1.165, 1.54) is 0 Å². The molecule has 0 atom stereocenters. The number of likely N-dealkylation sites (tertiary alicyclic amines) is 1. The van der Waals surface area contributed by atoms with Crippen molar-refractivity contribution in [1.29, 1.82) is 0 Å². The molecule has 6 heteroatoms. The van der Waals surface area contributed by atoms with Crippen molar-refractivity contribution in [2.24, 2.45) is 0 Å². The van der Waals surface area contributed by atoms with Crippen molar-refractivity contribution in [3.8, 4) is 0 Å². The number of aryl methyl sites for hydroxylation is 2. The summed E-state index contributed by atoms with van der Waals surface area (Å²) in [6.07, 6.45) is 1.19. The lowest BCUT2D eigenvalue weighted by Crippen LogP contribution is -2.47. The molecule has 0 saturated carbocycles. The number of hydrogen-bond acceptors (Lipinski definition) is 4. The summed E-state index contributed by atoms with van der Waals surface area (Å²) in [6.45, 7) is 6.31. The number of hydrogen-bond donors (Lipinski definition) is 1. The van der Waals surface area contributed by atoms with Crippen LogP contribution in [-0.4, -0.2) is 48.8 Å². The summed E-state index contributed by atoms with van der Waals surface area (Å²) in [4.78, 5) is 26.2. The van der Waals surface area contributed by atoms with Crippen LogP contribution in [0.4, 0.5) is 5.69 Å². The Kier molecular flexibility index (Phi) is 4.87. The van der Waals surface area contributed by atoms with E-state index in [0.717, 1.165) is 16.8 Å². The number of benzene rings is 1. The van der Waals surface area contributed by atoms with Gasteiger partial charge >= 0.3 is 0 Å². The van der Waals surface area contributed by atoms with Crippen LogP contribution in [0.15, 0.2) is 18.2 Å². The van der Waals surface area contributed by atoms with Crippen LogP contribution in [0.25, 0.3) is 0 Å². The van der Waals surface area contributed by atoms with Gasteiger partial charge in [0.15, 0.2) is 5.79 Å². The first-order valence-corrected chi connectivity index (χ1v) is 8.40. The Bertz CT molecular complexity index is 628. The van der Waals surface area contributed by atoms with E-state index in [1.807, 2.05) is 32.0 Å². The van der Waals surface area contributed by atoms with Crippen molar-refractivity contribution in [3.05, 3.63) is 29.3 Å². The molecule has 1 spiro atoms. The zero-order chi connectivity index (χ0) is 17.2. The fourth-order valence-corrected chi connectivity index (χ4v) is 3.28. The summed E-state index contributed by atoms with van der Waals surface area (Å²) in [5.41, 5.74) is 2.88. The third kappa shape index (κ3) is 3.76. The van der Waals surface area contributed by atoms with E-state index < -0.39 is 5.79 Å². The van der Waals surface area contributed by atoms with Gasteiger partial charge in [0, 0.05) is 31.6 Å². The molecule has 2 fully saturated rings. The fourth-order valence-electron chi connectivity index (χ4n) is 3.28. The van der Waals surface area contributed by atoms with Gasteiger partial charge in [0.2, 0.25) is 11.8 Å². The standard InChI is InChI=1S/C18H24N2O4/c1-13-3-4-15(14(2)11-13)19-16(21)12-17(22)20-7-5-18(6-8-20)23-9-10-24-18/h3-4,11H,5-10,12H2,1-2H3,(H,19,21). The molecule has 24 heavy (non-hydrogen) atoms. The Morgan fingerprint density at radius 2 is 1.83 bits per heavy atom. The quantitative estimate of drug-likeness (QED) is 0.860. The Labute approximate surface area is 142 Å². The predicted octanol–water partition coefficient (Wildman–Crippen LogP) is 2.00. The lowest BCUT2D eigenvalue weighted by atomic mass is 10.0. The number of anilines is 1. The Hall–Kier alpha value is -1.92. The van der Waals surface area contributed by atoms with Gasteiger partial charge in [0.25, 0.3) is 0 Å². The SMILES string of the molecule is Cc1ccc(NC(=O)CC(=O)N2CCC3(CC2)OCCO3)c(C)c1. The third-order valence-corrected chi connectivity index (χ3v) is 4.66. The monoisotopic (exact) mass is 332 g/mol. The number of carbonyl (C=O) groups is 2. The first-order valence-electron chi connectivity index (χ1n) is 8.40. The van der Waals surface area contributed by atoms with Gasteiger partial charge in [-0.25, -0.2) is 0 Å². The van der Waals surface area contributed by atoms with Crippen molar-refractivity contribution in [3.63, 3.8) is 0 Å². The van der Waals surface area contributed by atoms with E-state index in [-0.39, 0.29) is 18.2 Å². The van der Waals surface area contributed by atoms with E-state index >= 15 is 0 Å². The van der Waals surface area contributed by atoms with E-state index in [2.05, 4.69) is 5.32 Å². The van der Waals surface area contributed by atoms with Crippen LogP contribution in [0.5, 0.6) is 0 Å². The maximum Gasteiger partial charge on any atom is 0.233 e. The fraction of sp³-hybridized carbons (Fsp3) is 0.556. The molecule has 0 aromatic heterocycles. The summed E-state index contributed by atoms with van der Waals surface area (Å²) in [5.74, 6) is -0.927. The summed E-state index contributed by atoms with van der Waals surface area (Å²) in [5, 5.41) is 2.82. The molecule has 0 aliphatic carbocycles. The number of ether oxygens (including phenoxy) is 2. The zero-order valence-corrected chi connectivity index (χ0v) is 14.3. The van der Waals surface area contributed by atoms with Gasteiger partial charge in [0.05, 0.1) is 13.2 Å². The summed E-state index contributed by atoms with van der Waals surface area (Å²) in [6, 6.07) is 5.81. The minimum atomic E-state index is -0.502. The first kappa shape index (κ1) is 16.9. The maximum atomic E-state index is 12.3. The molecule has 2 amide bonds. The smallest absolute Gasteiger partial charge is 0.233 e. The van der Waals surface area contributed by atoms with Crippen LogP contribution in [0.3, 0.4) is 0 Å². The maximum absolute atomic E-state index is 12.3. The van der Waals surface area contributed by atoms with E-state index in [0.29, 0.717) is 39.1 Å². The summed E-state index contributed by atoms with van der Waals surface area (Å²) >= 11 is 0. The van der Waals surface area contributed by atoms with Crippen LogP contribution in [0.1, 0.15) is 30.4 Å². The Balaban J connectivity index is 1.50. The van der Waals surface area contributed by atoms with Gasteiger partial charge in [-0.3, -0.25) is 9.59 Å². The summed E-state index contributed by atoms with van der Waals surface area (Å²) in [7, 11) is 0. The largest absolute Gasteiger partial charge is 0.347 e. The second-order valence-corrected chi connectivity index (χ2v) is 6.53. The highest BCUT2D eigenvalue weighted by atomic mass is 16.7. The third-order valence-electron chi connectivity index (χ3n) is 4.66. The van der Waals surface area contributed by atoms with Crippen LogP contribution < -0.4 is 5.32 Å². The molecule has 2 heterocycles. The van der Waals surface area contributed by atoms with Gasteiger partial charge in [-0.15, -0.1) is 0 Å². The summed E-state index contributed by atoms with van der Waals surface area (Å²) < 4.78 is 11.3. The molecule has 1 aromatic carbocycles. The molecule has 0 radical (unpaired) electrons. The number of nitrogens with zero attached hydrogens (tertiary/aromatic N) is 1. The van der Waals surface area contributed by atoms with E-state index in [9.17, 15) is 9.59 Å². The molecule has 2 saturated heterocycles. The molecule has 2 aliphatic heterocycles. The van der Waals surface area contributed by atoms with Crippen LogP contribution in [-0.2, 0) is 19.1 Å². The molecular formula is C18H24N2O4. The van der Waals surface area contributed by atoms with E-state index in [4.69, 9.17) is 9.47 Å². The lowest BCUT2D eigenvalue weighted by molar-refractivity contribution is -0.187. The molecule has 0 bridgehead atoms.